The van der Waals surface area contributed by atoms with Crippen molar-refractivity contribution in [1.29, 1.82) is 0 Å². The van der Waals surface area contributed by atoms with Crippen LogP contribution in [0.15, 0.2) is 11.6 Å². The van der Waals surface area contributed by atoms with Gasteiger partial charge in [-0.25, -0.2) is 0 Å². The number of allylic oxidation sites excluding steroid dienone is 1. The molecule has 2 bridgehead atoms. The number of ether oxygens (including phenoxy) is 3. The van der Waals surface area contributed by atoms with Crippen LogP contribution in [0.25, 0.3) is 0 Å². The molecule has 6 nitrogen and oxygen atoms in total. The Labute approximate surface area is 227 Å². The third kappa shape index (κ3) is 2.56. The van der Waals surface area contributed by atoms with E-state index in [2.05, 4.69) is 40.7 Å². The maximum Gasteiger partial charge on any atom is 0.303 e. The number of aliphatic hydroxyl groups is 2. The van der Waals surface area contributed by atoms with Crippen LogP contribution in [0.5, 0.6) is 0 Å². The lowest BCUT2D eigenvalue weighted by atomic mass is 9.44. The molecule has 38 heavy (non-hydrogen) atoms. The molecule has 0 aromatic heterocycles. The lowest BCUT2D eigenvalue weighted by Crippen LogP contribution is -2.55. The largest absolute Gasteiger partial charge is 0.457 e. The van der Waals surface area contributed by atoms with Gasteiger partial charge >= 0.3 is 5.97 Å². The van der Waals surface area contributed by atoms with E-state index in [9.17, 15) is 15.0 Å². The molecular formula is C32H48O6. The molecule has 3 spiro atoms. The lowest BCUT2D eigenvalue weighted by Gasteiger charge is -2.59. The predicted molar refractivity (Wildman–Crippen MR) is 142 cm³/mol. The molecule has 2 heterocycles. The van der Waals surface area contributed by atoms with Gasteiger partial charge in [-0.3, -0.25) is 4.79 Å². The number of rotatable bonds is 2. The molecule has 5 aliphatic carbocycles. The Balaban J connectivity index is 1.33. The van der Waals surface area contributed by atoms with E-state index in [-0.39, 0.29) is 45.8 Å². The van der Waals surface area contributed by atoms with Crippen molar-refractivity contribution in [3.05, 3.63) is 11.6 Å². The fourth-order valence-corrected chi connectivity index (χ4v) is 12.3. The zero-order valence-corrected chi connectivity index (χ0v) is 24.6. The minimum absolute atomic E-state index is 0.0553. The van der Waals surface area contributed by atoms with Crippen LogP contribution in [0.3, 0.4) is 0 Å². The summed E-state index contributed by atoms with van der Waals surface area (Å²) >= 11 is 0. The van der Waals surface area contributed by atoms with Gasteiger partial charge in [0.1, 0.15) is 17.8 Å². The third-order valence-electron chi connectivity index (χ3n) is 13.9. The second-order valence-electron chi connectivity index (χ2n) is 16.0. The first-order chi connectivity index (χ1) is 17.5. The van der Waals surface area contributed by atoms with Gasteiger partial charge in [-0.15, -0.1) is 0 Å². The molecule has 0 amide bonds. The molecule has 7 aliphatic rings. The Morgan fingerprint density at radius 2 is 1.82 bits per heavy atom. The highest BCUT2D eigenvalue weighted by atomic mass is 16.8. The fourth-order valence-electron chi connectivity index (χ4n) is 12.3. The van der Waals surface area contributed by atoms with E-state index in [1.807, 2.05) is 13.8 Å². The van der Waals surface area contributed by atoms with Gasteiger partial charge in [0.15, 0.2) is 5.79 Å². The SMILES string of the molecule is CC(=O)OC(C)(C)[C@H]1O[C@@]23O[C@@H]1C[C@@H](C)[C@@H]2[C@@]1(C)CC[C@@]24C[C@@]25CC[C@H](O)C(C)(C)[C@@H]5CC=C4[C@]1(C)[C@H]3O. The third-order valence-corrected chi connectivity index (χ3v) is 13.9. The summed E-state index contributed by atoms with van der Waals surface area (Å²) in [6.45, 7) is 16.8. The molecular weight excluding hydrogens is 480 g/mol. The number of hydrogen-bond acceptors (Lipinski definition) is 6. The van der Waals surface area contributed by atoms with Crippen LogP contribution in [0.4, 0.5) is 0 Å². The van der Waals surface area contributed by atoms with Crippen LogP contribution in [0.1, 0.15) is 100 Å². The van der Waals surface area contributed by atoms with Crippen LogP contribution in [0, 0.1) is 44.8 Å². The number of aliphatic hydroxyl groups excluding tert-OH is 2. The van der Waals surface area contributed by atoms with Crippen LogP contribution in [-0.2, 0) is 19.0 Å². The zero-order chi connectivity index (χ0) is 27.5. The molecule has 0 aromatic carbocycles. The Morgan fingerprint density at radius 1 is 1.11 bits per heavy atom. The van der Waals surface area contributed by atoms with Crippen molar-refractivity contribution in [1.82, 2.24) is 0 Å². The summed E-state index contributed by atoms with van der Waals surface area (Å²) in [6, 6.07) is 0. The first kappa shape index (κ1) is 26.0. The van der Waals surface area contributed by atoms with Gasteiger partial charge < -0.3 is 24.4 Å². The Bertz CT molecular complexity index is 1130. The van der Waals surface area contributed by atoms with E-state index in [0.717, 1.165) is 38.5 Å². The minimum atomic E-state index is -1.10. The predicted octanol–water partition coefficient (Wildman–Crippen LogP) is 5.15. The van der Waals surface area contributed by atoms with Crippen molar-refractivity contribution < 1.29 is 29.2 Å². The minimum Gasteiger partial charge on any atom is -0.457 e. The van der Waals surface area contributed by atoms with E-state index in [4.69, 9.17) is 14.2 Å². The van der Waals surface area contributed by atoms with E-state index in [1.165, 1.54) is 18.9 Å². The second-order valence-corrected chi connectivity index (χ2v) is 16.0. The molecule has 6 fully saturated rings. The number of carbonyl (C=O) groups excluding carboxylic acids is 1. The monoisotopic (exact) mass is 528 g/mol. The highest BCUT2D eigenvalue weighted by molar-refractivity contribution is 5.66. The van der Waals surface area contributed by atoms with Crippen molar-refractivity contribution >= 4 is 5.97 Å². The van der Waals surface area contributed by atoms with Crippen LogP contribution in [-0.4, -0.2) is 52.0 Å². The molecule has 2 saturated heterocycles. The Kier molecular flexibility index (Phi) is 4.85. The van der Waals surface area contributed by atoms with E-state index in [0.29, 0.717) is 11.8 Å². The smallest absolute Gasteiger partial charge is 0.303 e. The molecule has 4 saturated carbocycles. The molecule has 7 rings (SSSR count). The first-order valence-electron chi connectivity index (χ1n) is 15.2. The van der Waals surface area contributed by atoms with Crippen molar-refractivity contribution in [2.24, 2.45) is 44.8 Å². The van der Waals surface area contributed by atoms with Crippen LogP contribution in [0.2, 0.25) is 0 Å². The molecule has 2 aliphatic heterocycles. The van der Waals surface area contributed by atoms with Crippen LogP contribution >= 0.6 is 0 Å². The normalized spacial score (nSPS) is 57.5. The summed E-state index contributed by atoms with van der Waals surface area (Å²) in [4.78, 5) is 12.0. The molecule has 0 aromatic rings. The Hall–Kier alpha value is -0.950. The topological polar surface area (TPSA) is 85.2 Å². The van der Waals surface area contributed by atoms with Gasteiger partial charge in [0.2, 0.25) is 0 Å². The summed E-state index contributed by atoms with van der Waals surface area (Å²) < 4.78 is 19.5. The number of fused-ring (bicyclic) bond motifs is 4. The van der Waals surface area contributed by atoms with E-state index in [1.54, 1.807) is 0 Å². The molecule has 212 valence electrons. The van der Waals surface area contributed by atoms with Crippen molar-refractivity contribution in [2.45, 2.75) is 136 Å². The van der Waals surface area contributed by atoms with Crippen molar-refractivity contribution in [3.8, 4) is 0 Å². The summed E-state index contributed by atoms with van der Waals surface area (Å²) in [5, 5.41) is 23.5. The fraction of sp³-hybridized carbons (Fsp3) is 0.906. The average Bonchev–Trinajstić information content (AvgIpc) is 3.33. The quantitative estimate of drug-likeness (QED) is 0.381. The lowest BCUT2D eigenvalue weighted by molar-refractivity contribution is -0.280. The maximum atomic E-state index is 12.6. The highest BCUT2D eigenvalue weighted by Gasteiger charge is 2.86. The van der Waals surface area contributed by atoms with Gasteiger partial charge in [0.25, 0.3) is 0 Å². The Morgan fingerprint density at radius 3 is 2.50 bits per heavy atom. The van der Waals surface area contributed by atoms with Gasteiger partial charge in [-0.1, -0.05) is 46.3 Å². The standard InChI is InChI=1S/C32H48O6/c1-17-15-19-24(27(5,6)36-18(2)33)38-32(37-19)23(17)28(7)13-14-31-16-30(31)12-11-22(34)26(3,4)20(30)9-10-21(31)29(28,8)25(32)35/h10,17,19-20,22-25,34-35H,9,11-16H2,1-8H3/t17-,19-,20+,22+,23-,24+,25-,28-,29-,30-,31+,32+/m1/s1. The first-order valence-corrected chi connectivity index (χ1v) is 15.2. The number of esters is 1. The van der Waals surface area contributed by atoms with Gasteiger partial charge in [0.05, 0.1) is 12.2 Å². The van der Waals surface area contributed by atoms with E-state index >= 15 is 0 Å². The summed E-state index contributed by atoms with van der Waals surface area (Å²) in [5.74, 6) is -0.576. The van der Waals surface area contributed by atoms with Crippen LogP contribution < -0.4 is 0 Å². The molecule has 6 heteroatoms. The summed E-state index contributed by atoms with van der Waals surface area (Å²) in [5.41, 5.74) is 0.226. The van der Waals surface area contributed by atoms with Gasteiger partial charge in [-0.05, 0) is 92.3 Å². The molecule has 2 N–H and O–H groups in total. The molecule has 0 radical (unpaired) electrons. The molecule has 12 atom stereocenters. The maximum absolute atomic E-state index is 12.6. The van der Waals surface area contributed by atoms with Crippen molar-refractivity contribution in [3.63, 3.8) is 0 Å². The second kappa shape index (κ2) is 7.09. The number of hydrogen-bond donors (Lipinski definition) is 2. The average molecular weight is 529 g/mol. The highest BCUT2D eigenvalue weighted by Crippen LogP contribution is 2.89. The molecule has 0 unspecified atom stereocenters. The van der Waals surface area contributed by atoms with Gasteiger partial charge in [-0.2, -0.15) is 0 Å². The number of carbonyl (C=O) groups is 1. The zero-order valence-electron chi connectivity index (χ0n) is 24.6. The summed E-state index contributed by atoms with van der Waals surface area (Å²) in [7, 11) is 0. The summed E-state index contributed by atoms with van der Waals surface area (Å²) in [6.07, 6.45) is 7.94. The van der Waals surface area contributed by atoms with Crippen molar-refractivity contribution in [2.75, 3.05) is 0 Å². The van der Waals surface area contributed by atoms with E-state index < -0.39 is 29.0 Å². The van der Waals surface area contributed by atoms with Gasteiger partial charge in [0, 0.05) is 18.3 Å².